The third-order valence-corrected chi connectivity index (χ3v) is 6.93. The van der Waals surface area contributed by atoms with Crippen LogP contribution in [0.15, 0.2) is 6.20 Å². The average molecular weight is 316 g/mol. The highest BCUT2D eigenvalue weighted by atomic mass is 32.2. The number of hydrogen-bond acceptors (Lipinski definition) is 5. The van der Waals surface area contributed by atoms with Crippen molar-refractivity contribution in [2.24, 2.45) is 0 Å². The molecule has 114 valence electrons. The number of hydrogen-bond donors (Lipinski definition) is 1. The summed E-state index contributed by atoms with van der Waals surface area (Å²) >= 11 is 3.85. The van der Waals surface area contributed by atoms with E-state index in [4.69, 9.17) is 4.74 Å². The number of methoxy groups -OCH3 is 1. The summed E-state index contributed by atoms with van der Waals surface area (Å²) in [7, 11) is 1.64. The fourth-order valence-electron chi connectivity index (χ4n) is 2.59. The molecule has 1 aliphatic heterocycles. The number of ether oxygens (including phenoxy) is 1. The third kappa shape index (κ3) is 3.12. The molecule has 0 bridgehead atoms. The van der Waals surface area contributed by atoms with Gasteiger partial charge in [0.05, 0.1) is 13.3 Å². The van der Waals surface area contributed by atoms with E-state index in [0.29, 0.717) is 11.0 Å². The molecule has 0 aliphatic carbocycles. The van der Waals surface area contributed by atoms with Crippen molar-refractivity contribution in [2.45, 2.75) is 49.8 Å². The Hall–Kier alpha value is -0.330. The normalized spacial score (nSPS) is 24.9. The highest BCUT2D eigenvalue weighted by Crippen LogP contribution is 2.42. The van der Waals surface area contributed by atoms with Gasteiger partial charge in [-0.15, -0.1) is 0 Å². The SMILES string of the molecule is CCC1SCCSC1C(O)c1c(OC)cnn1C(C)C. The summed E-state index contributed by atoms with van der Waals surface area (Å²) in [5.74, 6) is 2.96. The van der Waals surface area contributed by atoms with E-state index in [-0.39, 0.29) is 11.3 Å². The number of nitrogens with zero attached hydrogens (tertiary/aromatic N) is 2. The molecule has 1 aromatic rings. The van der Waals surface area contributed by atoms with Gasteiger partial charge in [-0.3, -0.25) is 4.68 Å². The van der Waals surface area contributed by atoms with E-state index < -0.39 is 6.10 Å². The zero-order chi connectivity index (χ0) is 14.7. The summed E-state index contributed by atoms with van der Waals surface area (Å²) in [5.41, 5.74) is 0.820. The Kier molecular flexibility index (Phi) is 5.69. The van der Waals surface area contributed by atoms with Crippen LogP contribution in [0.1, 0.15) is 45.0 Å². The predicted octanol–water partition coefficient (Wildman–Crippen LogP) is 3.13. The average Bonchev–Trinajstić information content (AvgIpc) is 2.90. The van der Waals surface area contributed by atoms with Crippen LogP contribution in [0, 0.1) is 0 Å². The van der Waals surface area contributed by atoms with Crippen LogP contribution >= 0.6 is 23.5 Å². The highest BCUT2D eigenvalue weighted by molar-refractivity contribution is 8.07. The largest absolute Gasteiger partial charge is 0.493 e. The lowest BCUT2D eigenvalue weighted by atomic mass is 10.1. The van der Waals surface area contributed by atoms with Crippen LogP contribution in [0.5, 0.6) is 5.75 Å². The van der Waals surface area contributed by atoms with Crippen molar-refractivity contribution < 1.29 is 9.84 Å². The minimum Gasteiger partial charge on any atom is -0.493 e. The zero-order valence-corrected chi connectivity index (χ0v) is 14.2. The summed E-state index contributed by atoms with van der Waals surface area (Å²) in [6.07, 6.45) is 2.26. The maximum atomic E-state index is 10.9. The second kappa shape index (κ2) is 7.09. The molecule has 20 heavy (non-hydrogen) atoms. The molecule has 0 spiro atoms. The maximum Gasteiger partial charge on any atom is 0.162 e. The molecule has 2 heterocycles. The van der Waals surface area contributed by atoms with Gasteiger partial charge in [-0.25, -0.2) is 0 Å². The first kappa shape index (κ1) is 16.0. The van der Waals surface area contributed by atoms with E-state index >= 15 is 0 Å². The lowest BCUT2D eigenvalue weighted by Crippen LogP contribution is -2.32. The topological polar surface area (TPSA) is 47.3 Å². The molecule has 3 atom stereocenters. The molecule has 2 rings (SSSR count). The van der Waals surface area contributed by atoms with Gasteiger partial charge in [0.25, 0.3) is 0 Å². The van der Waals surface area contributed by atoms with E-state index in [1.54, 1.807) is 13.3 Å². The molecule has 1 aliphatic rings. The minimum absolute atomic E-state index is 0.210. The molecule has 0 amide bonds. The maximum absolute atomic E-state index is 10.9. The van der Waals surface area contributed by atoms with Crippen molar-refractivity contribution in [1.29, 1.82) is 0 Å². The number of aliphatic hydroxyl groups is 1. The molecular formula is C14H24N2O2S2. The smallest absolute Gasteiger partial charge is 0.162 e. The highest BCUT2D eigenvalue weighted by Gasteiger charge is 2.35. The van der Waals surface area contributed by atoms with Crippen molar-refractivity contribution in [3.63, 3.8) is 0 Å². The summed E-state index contributed by atoms with van der Waals surface area (Å²) in [6, 6.07) is 0.213. The van der Waals surface area contributed by atoms with Gasteiger partial charge in [0, 0.05) is 28.0 Å². The monoisotopic (exact) mass is 316 g/mol. The van der Waals surface area contributed by atoms with Crippen molar-refractivity contribution in [1.82, 2.24) is 9.78 Å². The Labute approximate surface area is 129 Å². The lowest BCUT2D eigenvalue weighted by Gasteiger charge is -2.34. The molecule has 1 saturated heterocycles. The fraction of sp³-hybridized carbons (Fsp3) is 0.786. The van der Waals surface area contributed by atoms with Crippen molar-refractivity contribution in [2.75, 3.05) is 18.6 Å². The predicted molar refractivity (Wildman–Crippen MR) is 86.9 cm³/mol. The zero-order valence-electron chi connectivity index (χ0n) is 12.6. The molecule has 0 saturated carbocycles. The fourth-order valence-corrected chi connectivity index (χ4v) is 5.70. The van der Waals surface area contributed by atoms with Crippen LogP contribution in [0.2, 0.25) is 0 Å². The molecule has 1 N–H and O–H groups in total. The van der Waals surface area contributed by atoms with Crippen LogP contribution in [0.25, 0.3) is 0 Å². The van der Waals surface area contributed by atoms with Crippen LogP contribution in [-0.4, -0.2) is 44.0 Å². The molecular weight excluding hydrogens is 292 g/mol. The Bertz CT molecular complexity index is 437. The van der Waals surface area contributed by atoms with Crippen LogP contribution in [0.3, 0.4) is 0 Å². The number of rotatable bonds is 5. The summed E-state index contributed by atoms with van der Waals surface area (Å²) in [4.78, 5) is 0. The van der Waals surface area contributed by atoms with Gasteiger partial charge in [-0.2, -0.15) is 28.6 Å². The second-order valence-electron chi connectivity index (χ2n) is 5.23. The first-order valence-electron chi connectivity index (χ1n) is 7.12. The number of aliphatic hydroxyl groups excluding tert-OH is 1. The molecule has 1 aromatic heterocycles. The van der Waals surface area contributed by atoms with Gasteiger partial charge in [0.2, 0.25) is 0 Å². The van der Waals surface area contributed by atoms with E-state index in [9.17, 15) is 5.11 Å². The Morgan fingerprint density at radius 2 is 2.15 bits per heavy atom. The molecule has 6 heteroatoms. The molecule has 0 aromatic carbocycles. The summed E-state index contributed by atoms with van der Waals surface area (Å²) < 4.78 is 7.28. The van der Waals surface area contributed by atoms with Crippen LogP contribution in [-0.2, 0) is 0 Å². The standard InChI is InChI=1S/C14H24N2O2S2/c1-5-11-14(20-7-6-19-11)13(17)12-10(18-4)8-15-16(12)9(2)3/h8-9,11,13-14,17H,5-7H2,1-4H3. The molecule has 4 nitrogen and oxygen atoms in total. The first-order chi connectivity index (χ1) is 9.60. The lowest BCUT2D eigenvalue weighted by molar-refractivity contribution is 0.155. The molecule has 1 fully saturated rings. The van der Waals surface area contributed by atoms with Crippen LogP contribution < -0.4 is 4.74 Å². The first-order valence-corrected chi connectivity index (χ1v) is 9.22. The van der Waals surface area contributed by atoms with E-state index in [0.717, 1.165) is 17.9 Å². The van der Waals surface area contributed by atoms with E-state index in [1.807, 2.05) is 28.2 Å². The summed E-state index contributed by atoms with van der Waals surface area (Å²) in [5, 5.41) is 16.0. The Morgan fingerprint density at radius 3 is 2.75 bits per heavy atom. The third-order valence-electron chi connectivity index (χ3n) is 3.59. The Balaban J connectivity index is 2.31. The Morgan fingerprint density at radius 1 is 1.45 bits per heavy atom. The van der Waals surface area contributed by atoms with Crippen molar-refractivity contribution >= 4 is 23.5 Å². The quantitative estimate of drug-likeness (QED) is 0.904. The molecule has 3 unspecified atom stereocenters. The van der Waals surface area contributed by atoms with Crippen LogP contribution in [0.4, 0.5) is 0 Å². The summed E-state index contributed by atoms with van der Waals surface area (Å²) in [6.45, 7) is 6.34. The van der Waals surface area contributed by atoms with E-state index in [1.165, 1.54) is 5.75 Å². The van der Waals surface area contributed by atoms with Gasteiger partial charge in [0.15, 0.2) is 5.75 Å². The van der Waals surface area contributed by atoms with Gasteiger partial charge >= 0.3 is 0 Å². The van der Waals surface area contributed by atoms with Crippen molar-refractivity contribution in [3.05, 3.63) is 11.9 Å². The number of aromatic nitrogens is 2. The van der Waals surface area contributed by atoms with Crippen molar-refractivity contribution in [3.8, 4) is 5.75 Å². The van der Waals surface area contributed by atoms with Gasteiger partial charge < -0.3 is 9.84 Å². The number of thioether (sulfide) groups is 2. The van der Waals surface area contributed by atoms with Gasteiger partial charge in [-0.1, -0.05) is 6.92 Å². The van der Waals surface area contributed by atoms with Gasteiger partial charge in [0.1, 0.15) is 11.8 Å². The molecule has 0 radical (unpaired) electrons. The van der Waals surface area contributed by atoms with E-state index in [2.05, 4.69) is 25.9 Å². The minimum atomic E-state index is -0.530. The second-order valence-corrected chi connectivity index (χ2v) is 7.87. The van der Waals surface area contributed by atoms with Gasteiger partial charge in [-0.05, 0) is 20.3 Å².